The van der Waals surface area contributed by atoms with E-state index in [1.807, 2.05) is 0 Å². The molecule has 2 saturated carbocycles. The molecule has 0 saturated heterocycles. The number of hydrogen-bond acceptors (Lipinski definition) is 1. The van der Waals surface area contributed by atoms with Gasteiger partial charge in [-0.2, -0.15) is 0 Å². The van der Waals surface area contributed by atoms with Crippen molar-refractivity contribution in [3.63, 3.8) is 0 Å². The van der Waals surface area contributed by atoms with Gasteiger partial charge in [0.2, 0.25) is 0 Å². The Hall–Kier alpha value is -0.460. The van der Waals surface area contributed by atoms with Crippen molar-refractivity contribution in [3.05, 3.63) is 12.8 Å². The Labute approximate surface area is 113 Å². The minimum absolute atomic E-state index is 0.413. The minimum Gasteiger partial charge on any atom is -0.498 e. The van der Waals surface area contributed by atoms with E-state index in [2.05, 4.69) is 27.4 Å². The maximum Gasteiger partial charge on any atom is 0.101 e. The van der Waals surface area contributed by atoms with Crippen LogP contribution in [0, 0.1) is 29.6 Å². The second-order valence-electron chi connectivity index (χ2n) is 6.82. The fraction of sp³-hybridized carbons (Fsp3) is 0.882. The van der Waals surface area contributed by atoms with Crippen LogP contribution in [0.5, 0.6) is 0 Å². The van der Waals surface area contributed by atoms with Crippen molar-refractivity contribution >= 4 is 0 Å². The van der Waals surface area contributed by atoms with Gasteiger partial charge >= 0.3 is 0 Å². The molecule has 0 N–H and O–H groups in total. The lowest BCUT2D eigenvalue weighted by atomic mass is 9.63. The molecule has 0 aromatic heterocycles. The molecular weight excluding hydrogens is 220 g/mol. The molecule has 0 amide bonds. The zero-order valence-corrected chi connectivity index (χ0v) is 12.4. The maximum atomic E-state index is 5.68. The zero-order valence-electron chi connectivity index (χ0n) is 12.4. The number of ether oxygens (including phenoxy) is 1. The van der Waals surface area contributed by atoms with E-state index in [1.165, 1.54) is 38.5 Å². The van der Waals surface area contributed by atoms with Crippen LogP contribution < -0.4 is 0 Å². The Bertz CT molecular complexity index is 265. The van der Waals surface area contributed by atoms with Crippen LogP contribution in [0.4, 0.5) is 0 Å². The molecule has 4 unspecified atom stereocenters. The summed E-state index contributed by atoms with van der Waals surface area (Å²) in [6, 6.07) is 0. The molecule has 4 atom stereocenters. The van der Waals surface area contributed by atoms with Crippen molar-refractivity contribution < 1.29 is 4.74 Å². The molecule has 0 aromatic rings. The smallest absolute Gasteiger partial charge is 0.101 e. The van der Waals surface area contributed by atoms with Gasteiger partial charge in [-0.3, -0.25) is 0 Å². The summed E-state index contributed by atoms with van der Waals surface area (Å²) in [4.78, 5) is 0. The largest absolute Gasteiger partial charge is 0.498 e. The Morgan fingerprint density at radius 2 is 1.56 bits per heavy atom. The predicted octanol–water partition coefficient (Wildman–Crippen LogP) is 5.02. The average molecular weight is 250 g/mol. The molecule has 0 bridgehead atoms. The second-order valence-corrected chi connectivity index (χ2v) is 6.82. The third kappa shape index (κ3) is 2.92. The highest BCUT2D eigenvalue weighted by atomic mass is 16.5. The summed E-state index contributed by atoms with van der Waals surface area (Å²) in [7, 11) is 0. The van der Waals surface area contributed by atoms with Crippen LogP contribution in [0.3, 0.4) is 0 Å². The highest BCUT2D eigenvalue weighted by Crippen LogP contribution is 2.45. The Morgan fingerprint density at radius 3 is 2.17 bits per heavy atom. The normalized spacial score (nSPS) is 45.5. The van der Waals surface area contributed by atoms with Crippen molar-refractivity contribution in [2.45, 2.75) is 65.4 Å². The standard InChI is InChI=1S/C17H30O/c1-5-18-17-11-10-16(13(3)14(17)4)15-8-6-12(2)7-9-15/h5,12-17H,1,6-11H2,2-4H3. The molecular formula is C17H30O. The van der Waals surface area contributed by atoms with E-state index < -0.39 is 0 Å². The van der Waals surface area contributed by atoms with E-state index in [0.29, 0.717) is 12.0 Å². The molecule has 0 aromatic carbocycles. The van der Waals surface area contributed by atoms with Gasteiger partial charge in [-0.25, -0.2) is 0 Å². The summed E-state index contributed by atoms with van der Waals surface area (Å²) < 4.78 is 5.68. The summed E-state index contributed by atoms with van der Waals surface area (Å²) in [5.74, 6) is 4.39. The SMILES string of the molecule is C=COC1CCC(C2CCC(C)CC2)C(C)C1C. The molecule has 2 rings (SSSR count). The summed E-state index contributed by atoms with van der Waals surface area (Å²) in [6.07, 6.45) is 10.5. The first-order chi connectivity index (χ1) is 8.63. The maximum absolute atomic E-state index is 5.68. The first-order valence-corrected chi connectivity index (χ1v) is 7.89. The zero-order chi connectivity index (χ0) is 13.1. The average Bonchev–Trinajstić information content (AvgIpc) is 2.37. The van der Waals surface area contributed by atoms with Crippen molar-refractivity contribution in [1.82, 2.24) is 0 Å². The van der Waals surface area contributed by atoms with Gasteiger partial charge in [0, 0.05) is 0 Å². The van der Waals surface area contributed by atoms with Gasteiger partial charge in [0.1, 0.15) is 6.10 Å². The fourth-order valence-corrected chi connectivity index (χ4v) is 4.31. The molecule has 104 valence electrons. The van der Waals surface area contributed by atoms with E-state index in [-0.39, 0.29) is 0 Å². The van der Waals surface area contributed by atoms with Gasteiger partial charge in [0.05, 0.1) is 6.26 Å². The van der Waals surface area contributed by atoms with Crippen LogP contribution in [-0.2, 0) is 4.74 Å². The third-order valence-corrected chi connectivity index (χ3v) is 5.81. The van der Waals surface area contributed by atoms with Crippen molar-refractivity contribution in [2.24, 2.45) is 29.6 Å². The van der Waals surface area contributed by atoms with E-state index in [4.69, 9.17) is 4.74 Å². The molecule has 2 aliphatic carbocycles. The third-order valence-electron chi connectivity index (χ3n) is 5.81. The van der Waals surface area contributed by atoms with Crippen LogP contribution in [-0.4, -0.2) is 6.10 Å². The van der Waals surface area contributed by atoms with Gasteiger partial charge in [-0.15, -0.1) is 0 Å². The summed E-state index contributed by atoms with van der Waals surface area (Å²) in [5, 5.41) is 0. The topological polar surface area (TPSA) is 9.23 Å². The van der Waals surface area contributed by atoms with Crippen LogP contribution in [0.1, 0.15) is 59.3 Å². The molecule has 0 radical (unpaired) electrons. The molecule has 1 heteroatoms. The number of rotatable bonds is 3. The molecule has 0 aliphatic heterocycles. The Morgan fingerprint density at radius 1 is 0.889 bits per heavy atom. The Balaban J connectivity index is 1.93. The van der Waals surface area contributed by atoms with Gasteiger partial charge in [-0.05, 0) is 55.3 Å². The summed E-state index contributed by atoms with van der Waals surface area (Å²) >= 11 is 0. The van der Waals surface area contributed by atoms with Gasteiger partial charge in [0.15, 0.2) is 0 Å². The van der Waals surface area contributed by atoms with Crippen molar-refractivity contribution in [2.75, 3.05) is 0 Å². The van der Waals surface area contributed by atoms with Gasteiger partial charge in [0.25, 0.3) is 0 Å². The lowest BCUT2D eigenvalue weighted by Gasteiger charge is -2.44. The van der Waals surface area contributed by atoms with Crippen LogP contribution >= 0.6 is 0 Å². The summed E-state index contributed by atoms with van der Waals surface area (Å²) in [6.45, 7) is 10.9. The van der Waals surface area contributed by atoms with Crippen molar-refractivity contribution in [3.8, 4) is 0 Å². The van der Waals surface area contributed by atoms with Gasteiger partial charge in [-0.1, -0.05) is 40.2 Å². The monoisotopic (exact) mass is 250 g/mol. The lowest BCUT2D eigenvalue weighted by Crippen LogP contribution is -2.39. The van der Waals surface area contributed by atoms with Crippen LogP contribution in [0.2, 0.25) is 0 Å². The van der Waals surface area contributed by atoms with E-state index in [0.717, 1.165) is 23.7 Å². The highest BCUT2D eigenvalue weighted by Gasteiger charge is 2.39. The van der Waals surface area contributed by atoms with Gasteiger partial charge < -0.3 is 4.74 Å². The first-order valence-electron chi connectivity index (χ1n) is 7.89. The quantitative estimate of drug-likeness (QED) is 0.639. The lowest BCUT2D eigenvalue weighted by molar-refractivity contribution is -0.0161. The van der Waals surface area contributed by atoms with E-state index in [1.54, 1.807) is 6.26 Å². The van der Waals surface area contributed by atoms with E-state index in [9.17, 15) is 0 Å². The minimum atomic E-state index is 0.413. The van der Waals surface area contributed by atoms with Crippen LogP contribution in [0.15, 0.2) is 12.8 Å². The fourth-order valence-electron chi connectivity index (χ4n) is 4.31. The molecule has 0 heterocycles. The summed E-state index contributed by atoms with van der Waals surface area (Å²) in [5.41, 5.74) is 0. The molecule has 1 nitrogen and oxygen atoms in total. The molecule has 18 heavy (non-hydrogen) atoms. The second kappa shape index (κ2) is 6.12. The number of hydrogen-bond donors (Lipinski definition) is 0. The Kier molecular flexibility index (Phi) is 4.75. The van der Waals surface area contributed by atoms with E-state index >= 15 is 0 Å². The highest BCUT2D eigenvalue weighted by molar-refractivity contribution is 4.89. The predicted molar refractivity (Wildman–Crippen MR) is 77.2 cm³/mol. The van der Waals surface area contributed by atoms with Crippen molar-refractivity contribution in [1.29, 1.82) is 0 Å². The first kappa shape index (κ1) is 14.0. The molecule has 2 fully saturated rings. The molecule has 2 aliphatic rings. The molecule has 0 spiro atoms. The van der Waals surface area contributed by atoms with Crippen LogP contribution in [0.25, 0.3) is 0 Å².